The summed E-state index contributed by atoms with van der Waals surface area (Å²) < 4.78 is 1.52. The molecule has 15 heavy (non-hydrogen) atoms. The standard InChI is InChI=1S/C9H18N4OS/c1-9(2,3)10-5-6-15-8-12-11-7(14)13(8)4/h10H,5-6H2,1-4H3,(H,11,14). The van der Waals surface area contributed by atoms with Crippen molar-refractivity contribution in [2.24, 2.45) is 7.05 Å². The van der Waals surface area contributed by atoms with Crippen molar-refractivity contribution in [1.29, 1.82) is 0 Å². The summed E-state index contributed by atoms with van der Waals surface area (Å²) in [7, 11) is 1.71. The Kier molecular flexibility index (Phi) is 3.98. The normalized spacial score (nSPS) is 12.0. The van der Waals surface area contributed by atoms with Crippen LogP contribution in [0.4, 0.5) is 0 Å². The van der Waals surface area contributed by atoms with Crippen molar-refractivity contribution in [2.45, 2.75) is 31.5 Å². The van der Waals surface area contributed by atoms with Crippen LogP contribution in [0.25, 0.3) is 0 Å². The number of H-pyrrole nitrogens is 1. The van der Waals surface area contributed by atoms with E-state index in [9.17, 15) is 4.79 Å². The van der Waals surface area contributed by atoms with Crippen molar-refractivity contribution in [3.8, 4) is 0 Å². The van der Waals surface area contributed by atoms with E-state index in [-0.39, 0.29) is 11.2 Å². The van der Waals surface area contributed by atoms with E-state index >= 15 is 0 Å². The second-order valence-corrected chi connectivity index (χ2v) is 5.46. The van der Waals surface area contributed by atoms with Crippen LogP contribution in [-0.2, 0) is 7.05 Å². The van der Waals surface area contributed by atoms with E-state index in [4.69, 9.17) is 0 Å². The molecule has 2 N–H and O–H groups in total. The van der Waals surface area contributed by atoms with E-state index < -0.39 is 0 Å². The predicted molar refractivity (Wildman–Crippen MR) is 62.3 cm³/mol. The Balaban J connectivity index is 2.33. The highest BCUT2D eigenvalue weighted by Gasteiger charge is 2.08. The van der Waals surface area contributed by atoms with Crippen LogP contribution in [0.5, 0.6) is 0 Å². The molecule has 1 aromatic heterocycles. The number of aromatic amines is 1. The number of thioether (sulfide) groups is 1. The lowest BCUT2D eigenvalue weighted by molar-refractivity contribution is 0.441. The molecule has 1 rings (SSSR count). The molecule has 0 radical (unpaired) electrons. The van der Waals surface area contributed by atoms with E-state index in [1.165, 1.54) is 4.57 Å². The van der Waals surface area contributed by atoms with Gasteiger partial charge in [0.05, 0.1) is 0 Å². The zero-order valence-corrected chi connectivity index (χ0v) is 10.4. The molecule has 0 bridgehead atoms. The van der Waals surface area contributed by atoms with Crippen LogP contribution < -0.4 is 11.0 Å². The minimum absolute atomic E-state index is 0.137. The third-order valence-corrected chi connectivity index (χ3v) is 2.86. The van der Waals surface area contributed by atoms with Gasteiger partial charge in [-0.25, -0.2) is 9.89 Å². The van der Waals surface area contributed by atoms with Crippen molar-refractivity contribution in [3.05, 3.63) is 10.5 Å². The van der Waals surface area contributed by atoms with E-state index in [0.717, 1.165) is 17.5 Å². The molecule has 86 valence electrons. The van der Waals surface area contributed by atoms with Gasteiger partial charge in [-0.2, -0.15) is 0 Å². The van der Waals surface area contributed by atoms with Crippen molar-refractivity contribution in [2.75, 3.05) is 12.3 Å². The second kappa shape index (κ2) is 4.85. The Morgan fingerprint density at radius 2 is 2.20 bits per heavy atom. The Labute approximate surface area is 93.6 Å². The van der Waals surface area contributed by atoms with E-state index in [0.29, 0.717) is 0 Å². The molecule has 0 aliphatic heterocycles. The fraction of sp³-hybridized carbons (Fsp3) is 0.778. The van der Waals surface area contributed by atoms with E-state index in [1.807, 2.05) is 0 Å². The van der Waals surface area contributed by atoms with Gasteiger partial charge < -0.3 is 5.32 Å². The first-order chi connectivity index (χ1) is 6.90. The van der Waals surface area contributed by atoms with Gasteiger partial charge >= 0.3 is 5.69 Å². The summed E-state index contributed by atoms with van der Waals surface area (Å²) in [6.07, 6.45) is 0. The predicted octanol–water partition coefficient (Wildman–Crippen LogP) is 0.589. The molecule has 0 spiro atoms. The van der Waals surface area contributed by atoms with Crippen LogP contribution in [0.15, 0.2) is 9.95 Å². The second-order valence-electron chi connectivity index (χ2n) is 4.40. The molecule has 0 saturated carbocycles. The lowest BCUT2D eigenvalue weighted by Crippen LogP contribution is -2.37. The van der Waals surface area contributed by atoms with Crippen LogP contribution in [0.1, 0.15) is 20.8 Å². The topological polar surface area (TPSA) is 62.7 Å². The zero-order valence-electron chi connectivity index (χ0n) is 9.63. The van der Waals surface area contributed by atoms with Gasteiger partial charge in [-0.05, 0) is 20.8 Å². The van der Waals surface area contributed by atoms with Crippen molar-refractivity contribution < 1.29 is 0 Å². The minimum atomic E-state index is -0.165. The molecule has 0 amide bonds. The van der Waals surface area contributed by atoms with Gasteiger partial charge in [0.25, 0.3) is 0 Å². The van der Waals surface area contributed by atoms with Crippen LogP contribution in [0.2, 0.25) is 0 Å². The summed E-state index contributed by atoms with van der Waals surface area (Å²) in [5.74, 6) is 0.898. The number of nitrogens with one attached hydrogen (secondary N) is 2. The third kappa shape index (κ3) is 4.09. The lowest BCUT2D eigenvalue weighted by atomic mass is 10.1. The molecule has 1 heterocycles. The Hall–Kier alpha value is -0.750. The highest BCUT2D eigenvalue weighted by Crippen LogP contribution is 2.11. The van der Waals surface area contributed by atoms with Gasteiger partial charge in [0, 0.05) is 24.9 Å². The summed E-state index contributed by atoms with van der Waals surface area (Å²) in [5.41, 5.74) is -0.0286. The van der Waals surface area contributed by atoms with Crippen molar-refractivity contribution in [1.82, 2.24) is 20.1 Å². The molecule has 0 fully saturated rings. The van der Waals surface area contributed by atoms with E-state index in [1.54, 1.807) is 18.8 Å². The van der Waals surface area contributed by atoms with Gasteiger partial charge in [-0.3, -0.25) is 4.57 Å². The van der Waals surface area contributed by atoms with Gasteiger partial charge in [0.15, 0.2) is 5.16 Å². The first-order valence-electron chi connectivity index (χ1n) is 4.89. The van der Waals surface area contributed by atoms with Crippen LogP contribution >= 0.6 is 11.8 Å². The zero-order chi connectivity index (χ0) is 11.5. The smallest absolute Gasteiger partial charge is 0.311 e. The SMILES string of the molecule is Cn1c(SCCNC(C)(C)C)n[nH]c1=O. The first-order valence-corrected chi connectivity index (χ1v) is 5.88. The molecule has 0 atom stereocenters. The van der Waals surface area contributed by atoms with Crippen LogP contribution in [-0.4, -0.2) is 32.6 Å². The van der Waals surface area contributed by atoms with Gasteiger partial charge in [0.2, 0.25) is 0 Å². The van der Waals surface area contributed by atoms with Crippen molar-refractivity contribution in [3.63, 3.8) is 0 Å². The van der Waals surface area contributed by atoms with Gasteiger partial charge in [0.1, 0.15) is 0 Å². The van der Waals surface area contributed by atoms with Gasteiger partial charge in [-0.15, -0.1) is 5.10 Å². The van der Waals surface area contributed by atoms with Gasteiger partial charge in [-0.1, -0.05) is 11.8 Å². The average molecular weight is 230 g/mol. The molecule has 0 aliphatic rings. The van der Waals surface area contributed by atoms with Crippen LogP contribution in [0.3, 0.4) is 0 Å². The molecule has 0 aliphatic carbocycles. The number of nitrogens with zero attached hydrogens (tertiary/aromatic N) is 2. The fourth-order valence-corrected chi connectivity index (χ4v) is 1.80. The number of hydrogen-bond acceptors (Lipinski definition) is 4. The summed E-state index contributed by atoms with van der Waals surface area (Å²) in [6, 6.07) is 0. The maximum atomic E-state index is 11.0. The fourth-order valence-electron chi connectivity index (χ4n) is 1.03. The lowest BCUT2D eigenvalue weighted by Gasteiger charge is -2.19. The Morgan fingerprint density at radius 1 is 1.53 bits per heavy atom. The highest BCUT2D eigenvalue weighted by molar-refractivity contribution is 7.99. The first kappa shape index (κ1) is 12.3. The Morgan fingerprint density at radius 3 is 2.67 bits per heavy atom. The summed E-state index contributed by atoms with van der Waals surface area (Å²) >= 11 is 1.57. The van der Waals surface area contributed by atoms with E-state index in [2.05, 4.69) is 36.3 Å². The monoisotopic (exact) mass is 230 g/mol. The van der Waals surface area contributed by atoms with Crippen molar-refractivity contribution >= 4 is 11.8 Å². The molecule has 0 unspecified atom stereocenters. The maximum Gasteiger partial charge on any atom is 0.343 e. The highest BCUT2D eigenvalue weighted by atomic mass is 32.2. The molecule has 1 aromatic rings. The minimum Gasteiger partial charge on any atom is -0.311 e. The number of aromatic nitrogens is 3. The quantitative estimate of drug-likeness (QED) is 0.587. The maximum absolute atomic E-state index is 11.0. The number of hydrogen-bond donors (Lipinski definition) is 2. The summed E-state index contributed by atoms with van der Waals surface area (Å²) in [6.45, 7) is 7.28. The molecule has 6 heteroatoms. The molecule has 0 aromatic carbocycles. The molecular formula is C9H18N4OS. The average Bonchev–Trinajstić information content (AvgIpc) is 2.42. The molecule has 0 saturated heterocycles. The van der Waals surface area contributed by atoms with Crippen LogP contribution in [0, 0.1) is 0 Å². The molecule has 5 nitrogen and oxygen atoms in total. The molecular weight excluding hydrogens is 212 g/mol. The third-order valence-electron chi connectivity index (χ3n) is 1.83. The number of rotatable bonds is 4. The summed E-state index contributed by atoms with van der Waals surface area (Å²) in [5, 5.41) is 10.4. The summed E-state index contributed by atoms with van der Waals surface area (Å²) in [4.78, 5) is 11.0. The largest absolute Gasteiger partial charge is 0.343 e. The Bertz CT molecular complexity index is 363.